The van der Waals surface area contributed by atoms with Gasteiger partial charge < -0.3 is 9.47 Å². The van der Waals surface area contributed by atoms with E-state index in [1.165, 1.54) is 0 Å². The summed E-state index contributed by atoms with van der Waals surface area (Å²) in [7, 11) is 0. The van der Waals surface area contributed by atoms with E-state index < -0.39 is 0 Å². The smallest absolute Gasteiger partial charge is 0.242 e. The second-order valence-electron chi connectivity index (χ2n) is 4.78. The van der Waals surface area contributed by atoms with E-state index in [0.29, 0.717) is 24.3 Å². The first-order chi connectivity index (χ1) is 10.2. The van der Waals surface area contributed by atoms with Gasteiger partial charge in [0.25, 0.3) is 0 Å². The Labute approximate surface area is 125 Å². The summed E-state index contributed by atoms with van der Waals surface area (Å²) in [4.78, 5) is 26.4. The fourth-order valence-corrected chi connectivity index (χ4v) is 2.32. The summed E-state index contributed by atoms with van der Waals surface area (Å²) in [5.74, 6) is -0.0359. The van der Waals surface area contributed by atoms with Crippen molar-refractivity contribution < 1.29 is 9.59 Å². The minimum absolute atomic E-state index is 0.0262. The number of likely N-dealkylation sites (N-methyl/N-ethyl adjacent to an activating group) is 1. The molecule has 0 fully saturated rings. The molecule has 1 amide bonds. The molecule has 0 spiro atoms. The Bertz CT molecular complexity index is 613. The minimum atomic E-state index is -0.0621. The molecule has 1 aromatic heterocycles. The molecule has 0 saturated carbocycles. The van der Waals surface area contributed by atoms with Crippen LogP contribution >= 0.6 is 0 Å². The van der Waals surface area contributed by atoms with Crippen molar-refractivity contribution in [2.45, 2.75) is 20.4 Å². The number of rotatable bonds is 6. The van der Waals surface area contributed by atoms with Gasteiger partial charge in [0, 0.05) is 24.8 Å². The Morgan fingerprint density at radius 2 is 1.67 bits per heavy atom. The maximum Gasteiger partial charge on any atom is 0.242 e. The molecule has 0 unspecified atom stereocenters. The van der Waals surface area contributed by atoms with E-state index in [1.54, 1.807) is 39.9 Å². The average molecular weight is 284 g/mol. The topological polar surface area (TPSA) is 42.3 Å². The van der Waals surface area contributed by atoms with Crippen LogP contribution in [0.5, 0.6) is 0 Å². The van der Waals surface area contributed by atoms with E-state index in [1.807, 2.05) is 32.0 Å². The second-order valence-corrected chi connectivity index (χ2v) is 4.78. The quantitative estimate of drug-likeness (QED) is 0.765. The molecule has 0 aliphatic carbocycles. The number of hydrogen-bond donors (Lipinski definition) is 0. The first kappa shape index (κ1) is 15.0. The molecule has 4 nitrogen and oxygen atoms in total. The van der Waals surface area contributed by atoms with Gasteiger partial charge in [-0.15, -0.1) is 0 Å². The fraction of sp³-hybridized carbons (Fsp3) is 0.294. The zero-order valence-corrected chi connectivity index (χ0v) is 12.5. The Hall–Kier alpha value is -2.36. The van der Waals surface area contributed by atoms with Crippen LogP contribution in [0.4, 0.5) is 0 Å². The highest BCUT2D eigenvalue weighted by Crippen LogP contribution is 2.11. The zero-order valence-electron chi connectivity index (χ0n) is 12.5. The van der Waals surface area contributed by atoms with Gasteiger partial charge in [-0.05, 0) is 26.0 Å². The molecule has 0 aliphatic rings. The van der Waals surface area contributed by atoms with Crippen molar-refractivity contribution in [3.05, 3.63) is 59.9 Å². The summed E-state index contributed by atoms with van der Waals surface area (Å²) >= 11 is 0. The summed E-state index contributed by atoms with van der Waals surface area (Å²) in [5, 5.41) is 0. The number of aromatic nitrogens is 1. The van der Waals surface area contributed by atoms with E-state index in [9.17, 15) is 9.59 Å². The van der Waals surface area contributed by atoms with Gasteiger partial charge in [-0.1, -0.05) is 30.3 Å². The first-order valence-corrected chi connectivity index (χ1v) is 7.20. The van der Waals surface area contributed by atoms with Crippen molar-refractivity contribution in [2.24, 2.45) is 0 Å². The maximum absolute atomic E-state index is 12.5. The second kappa shape index (κ2) is 6.88. The molecular formula is C17H20N2O2. The maximum atomic E-state index is 12.5. The highest BCUT2D eigenvalue weighted by Gasteiger charge is 2.16. The molecule has 0 saturated heterocycles. The number of amides is 1. The van der Waals surface area contributed by atoms with Gasteiger partial charge in [-0.25, -0.2) is 0 Å². The standard InChI is InChI=1S/C17H20N2O2/c1-3-18(4-2)16(20)13-19-12-8-11-15(19)17(21)14-9-6-5-7-10-14/h5-12H,3-4,13H2,1-2H3. The molecule has 21 heavy (non-hydrogen) atoms. The van der Waals surface area contributed by atoms with Crippen LogP contribution in [-0.2, 0) is 11.3 Å². The summed E-state index contributed by atoms with van der Waals surface area (Å²) in [6.07, 6.45) is 1.78. The van der Waals surface area contributed by atoms with Crippen LogP contribution in [0.2, 0.25) is 0 Å². The van der Waals surface area contributed by atoms with Crippen LogP contribution in [0, 0.1) is 0 Å². The van der Waals surface area contributed by atoms with Crippen LogP contribution < -0.4 is 0 Å². The van der Waals surface area contributed by atoms with Crippen LogP contribution in [0.3, 0.4) is 0 Å². The SMILES string of the molecule is CCN(CC)C(=O)Cn1cccc1C(=O)c1ccccc1. The molecule has 0 N–H and O–H groups in total. The summed E-state index contributed by atoms with van der Waals surface area (Å²) < 4.78 is 1.72. The largest absolute Gasteiger partial charge is 0.342 e. The van der Waals surface area contributed by atoms with Gasteiger partial charge in [0.2, 0.25) is 11.7 Å². The lowest BCUT2D eigenvalue weighted by Gasteiger charge is -2.19. The third-order valence-electron chi connectivity index (χ3n) is 3.52. The van der Waals surface area contributed by atoms with Crippen molar-refractivity contribution >= 4 is 11.7 Å². The average Bonchev–Trinajstić information content (AvgIpc) is 2.96. The fourth-order valence-electron chi connectivity index (χ4n) is 2.32. The van der Waals surface area contributed by atoms with Crippen molar-refractivity contribution in [1.82, 2.24) is 9.47 Å². The number of nitrogens with zero attached hydrogens (tertiary/aromatic N) is 2. The lowest BCUT2D eigenvalue weighted by Crippen LogP contribution is -2.33. The summed E-state index contributed by atoms with van der Waals surface area (Å²) in [6.45, 7) is 5.46. The molecule has 4 heteroatoms. The number of benzene rings is 1. The van der Waals surface area contributed by atoms with Crippen LogP contribution in [-0.4, -0.2) is 34.2 Å². The summed E-state index contributed by atoms with van der Waals surface area (Å²) in [6, 6.07) is 12.7. The molecule has 1 heterocycles. The van der Waals surface area contributed by atoms with Gasteiger partial charge in [0.15, 0.2) is 0 Å². The Kier molecular flexibility index (Phi) is 4.93. The van der Waals surface area contributed by atoms with Crippen LogP contribution in [0.15, 0.2) is 48.7 Å². The lowest BCUT2D eigenvalue weighted by molar-refractivity contribution is -0.131. The zero-order chi connectivity index (χ0) is 15.2. The first-order valence-electron chi connectivity index (χ1n) is 7.20. The molecule has 0 radical (unpaired) electrons. The lowest BCUT2D eigenvalue weighted by atomic mass is 10.1. The Morgan fingerprint density at radius 1 is 1.00 bits per heavy atom. The van der Waals surface area contributed by atoms with Crippen molar-refractivity contribution in [3.63, 3.8) is 0 Å². The van der Waals surface area contributed by atoms with E-state index >= 15 is 0 Å². The number of ketones is 1. The van der Waals surface area contributed by atoms with Gasteiger partial charge in [-0.3, -0.25) is 9.59 Å². The molecule has 0 aliphatic heterocycles. The molecule has 0 atom stereocenters. The number of carbonyl (C=O) groups excluding carboxylic acids is 2. The Morgan fingerprint density at radius 3 is 2.29 bits per heavy atom. The number of carbonyl (C=O) groups is 2. The third-order valence-corrected chi connectivity index (χ3v) is 3.52. The normalized spacial score (nSPS) is 10.4. The third kappa shape index (κ3) is 3.40. The molecule has 1 aromatic carbocycles. The Balaban J connectivity index is 2.19. The molecule has 0 bridgehead atoms. The van der Waals surface area contributed by atoms with E-state index in [2.05, 4.69) is 0 Å². The van der Waals surface area contributed by atoms with Crippen LogP contribution in [0.25, 0.3) is 0 Å². The number of hydrogen-bond acceptors (Lipinski definition) is 2. The highest BCUT2D eigenvalue weighted by atomic mass is 16.2. The highest BCUT2D eigenvalue weighted by molar-refractivity contribution is 6.08. The van der Waals surface area contributed by atoms with Gasteiger partial charge in [-0.2, -0.15) is 0 Å². The predicted molar refractivity (Wildman–Crippen MR) is 82.2 cm³/mol. The van der Waals surface area contributed by atoms with Gasteiger partial charge in [0.05, 0.1) is 5.69 Å². The van der Waals surface area contributed by atoms with Crippen molar-refractivity contribution in [2.75, 3.05) is 13.1 Å². The van der Waals surface area contributed by atoms with Gasteiger partial charge >= 0.3 is 0 Å². The molecule has 110 valence electrons. The minimum Gasteiger partial charge on any atom is -0.342 e. The molecule has 2 rings (SSSR count). The predicted octanol–water partition coefficient (Wildman–Crippen LogP) is 2.59. The van der Waals surface area contributed by atoms with Crippen LogP contribution in [0.1, 0.15) is 29.9 Å². The van der Waals surface area contributed by atoms with Gasteiger partial charge in [0.1, 0.15) is 6.54 Å². The van der Waals surface area contributed by atoms with Crippen molar-refractivity contribution in [1.29, 1.82) is 0 Å². The van der Waals surface area contributed by atoms with E-state index in [4.69, 9.17) is 0 Å². The van der Waals surface area contributed by atoms with E-state index in [0.717, 1.165) is 0 Å². The summed E-state index contributed by atoms with van der Waals surface area (Å²) in [5.41, 5.74) is 1.18. The van der Waals surface area contributed by atoms with Crippen molar-refractivity contribution in [3.8, 4) is 0 Å². The van der Waals surface area contributed by atoms with E-state index in [-0.39, 0.29) is 18.2 Å². The molecule has 2 aromatic rings. The monoisotopic (exact) mass is 284 g/mol. The molecular weight excluding hydrogens is 264 g/mol.